The minimum Gasteiger partial charge on any atom is -0.349 e. The third kappa shape index (κ3) is 3.36. The van der Waals surface area contributed by atoms with Crippen molar-refractivity contribution < 1.29 is 9.18 Å². The number of hydrogen-bond donors (Lipinski definition) is 1. The summed E-state index contributed by atoms with van der Waals surface area (Å²) in [4.78, 5) is 29.3. The van der Waals surface area contributed by atoms with Crippen molar-refractivity contribution in [2.45, 2.75) is 39.3 Å². The standard InChI is InChI=1S/C20H20FN7OS/c1-11-15-8-13(21)5-6-16(15)25-19(23-11)27-7-3-4-17(27)18(29)22-9-14-10-28-20(24-14)30-12(2)26-28/h5-6,8,10,17H,3-4,7,9H2,1-2H3,(H,22,29). The van der Waals surface area contributed by atoms with E-state index >= 15 is 0 Å². The summed E-state index contributed by atoms with van der Waals surface area (Å²) >= 11 is 1.51. The molecule has 1 unspecified atom stereocenters. The number of fused-ring (bicyclic) bond motifs is 2. The molecule has 3 aromatic heterocycles. The molecule has 10 heteroatoms. The van der Waals surface area contributed by atoms with Crippen LogP contribution in [0.4, 0.5) is 10.3 Å². The highest BCUT2D eigenvalue weighted by atomic mass is 32.1. The number of hydrogen-bond acceptors (Lipinski definition) is 7. The Balaban J connectivity index is 1.33. The number of nitrogens with zero attached hydrogens (tertiary/aromatic N) is 6. The highest BCUT2D eigenvalue weighted by Gasteiger charge is 2.32. The van der Waals surface area contributed by atoms with E-state index in [2.05, 4.69) is 25.4 Å². The Labute approximate surface area is 175 Å². The predicted octanol–water partition coefficient (Wildman–Crippen LogP) is 2.78. The first-order chi connectivity index (χ1) is 14.5. The molecule has 0 saturated carbocycles. The lowest BCUT2D eigenvalue weighted by Crippen LogP contribution is -2.43. The molecule has 1 fully saturated rings. The van der Waals surface area contributed by atoms with Crippen LogP contribution < -0.4 is 10.2 Å². The van der Waals surface area contributed by atoms with E-state index in [1.54, 1.807) is 10.6 Å². The first-order valence-electron chi connectivity index (χ1n) is 9.78. The lowest BCUT2D eigenvalue weighted by molar-refractivity contribution is -0.122. The van der Waals surface area contributed by atoms with E-state index in [1.165, 1.54) is 23.5 Å². The molecule has 1 aliphatic rings. The van der Waals surface area contributed by atoms with Gasteiger partial charge in [0.2, 0.25) is 16.8 Å². The first-order valence-corrected chi connectivity index (χ1v) is 10.6. The van der Waals surface area contributed by atoms with Crippen LogP contribution in [0, 0.1) is 19.7 Å². The van der Waals surface area contributed by atoms with Gasteiger partial charge in [-0.15, -0.1) is 0 Å². The summed E-state index contributed by atoms with van der Waals surface area (Å²) in [6.45, 7) is 4.81. The van der Waals surface area contributed by atoms with Crippen LogP contribution >= 0.6 is 11.3 Å². The number of anilines is 1. The van der Waals surface area contributed by atoms with Gasteiger partial charge in [-0.2, -0.15) is 5.10 Å². The number of carbonyl (C=O) groups is 1. The summed E-state index contributed by atoms with van der Waals surface area (Å²) < 4.78 is 15.3. The molecular formula is C20H20FN7OS. The van der Waals surface area contributed by atoms with Crippen LogP contribution in [0.25, 0.3) is 15.9 Å². The number of aryl methyl sites for hydroxylation is 2. The van der Waals surface area contributed by atoms with E-state index in [1.807, 2.05) is 24.9 Å². The molecule has 0 spiro atoms. The van der Waals surface area contributed by atoms with Crippen molar-refractivity contribution in [1.29, 1.82) is 0 Å². The summed E-state index contributed by atoms with van der Waals surface area (Å²) in [7, 11) is 0. The van der Waals surface area contributed by atoms with E-state index < -0.39 is 0 Å². The average Bonchev–Trinajstić information content (AvgIpc) is 3.41. The van der Waals surface area contributed by atoms with Crippen molar-refractivity contribution in [2.75, 3.05) is 11.4 Å². The van der Waals surface area contributed by atoms with Crippen molar-refractivity contribution >= 4 is 39.1 Å². The number of carbonyl (C=O) groups excluding carboxylic acids is 1. The zero-order valence-corrected chi connectivity index (χ0v) is 17.4. The summed E-state index contributed by atoms with van der Waals surface area (Å²) in [6, 6.07) is 4.13. The van der Waals surface area contributed by atoms with Gasteiger partial charge in [-0.1, -0.05) is 11.3 Å². The van der Waals surface area contributed by atoms with Gasteiger partial charge in [-0.05, 0) is 44.9 Å². The lowest BCUT2D eigenvalue weighted by Gasteiger charge is -2.24. The normalized spacial score (nSPS) is 16.6. The molecule has 5 rings (SSSR count). The smallest absolute Gasteiger partial charge is 0.243 e. The van der Waals surface area contributed by atoms with Gasteiger partial charge in [0.25, 0.3) is 0 Å². The van der Waals surface area contributed by atoms with E-state index in [4.69, 9.17) is 0 Å². The fraction of sp³-hybridized carbons (Fsp3) is 0.350. The third-order valence-electron chi connectivity index (χ3n) is 5.29. The molecule has 1 aliphatic heterocycles. The molecule has 8 nitrogen and oxygen atoms in total. The molecule has 4 aromatic rings. The van der Waals surface area contributed by atoms with E-state index in [0.29, 0.717) is 35.6 Å². The summed E-state index contributed by atoms with van der Waals surface area (Å²) in [5, 5.41) is 8.95. The van der Waals surface area contributed by atoms with Crippen LogP contribution in [0.5, 0.6) is 0 Å². The highest BCUT2D eigenvalue weighted by Crippen LogP contribution is 2.26. The van der Waals surface area contributed by atoms with E-state index in [9.17, 15) is 9.18 Å². The number of amides is 1. The average molecular weight is 425 g/mol. The summed E-state index contributed by atoms with van der Waals surface area (Å²) in [5.74, 6) is 0.116. The maximum absolute atomic E-state index is 13.5. The van der Waals surface area contributed by atoms with Crippen LogP contribution in [0.3, 0.4) is 0 Å². The van der Waals surface area contributed by atoms with Crippen molar-refractivity contribution in [3.63, 3.8) is 0 Å². The molecule has 30 heavy (non-hydrogen) atoms. The van der Waals surface area contributed by atoms with E-state index in [-0.39, 0.29) is 17.8 Å². The first kappa shape index (κ1) is 18.9. The molecule has 1 amide bonds. The number of rotatable bonds is 4. The topological polar surface area (TPSA) is 88.3 Å². The largest absolute Gasteiger partial charge is 0.349 e. The van der Waals surface area contributed by atoms with Crippen LogP contribution in [-0.2, 0) is 11.3 Å². The van der Waals surface area contributed by atoms with Gasteiger partial charge >= 0.3 is 0 Å². The molecule has 154 valence electrons. The second-order valence-corrected chi connectivity index (χ2v) is 8.58. The Morgan fingerprint density at radius 2 is 2.17 bits per heavy atom. The Morgan fingerprint density at radius 1 is 1.30 bits per heavy atom. The van der Waals surface area contributed by atoms with Crippen molar-refractivity contribution in [1.82, 2.24) is 29.9 Å². The van der Waals surface area contributed by atoms with Gasteiger partial charge in [0.15, 0.2) is 0 Å². The number of aromatic nitrogens is 5. The molecular weight excluding hydrogens is 405 g/mol. The fourth-order valence-corrected chi connectivity index (χ4v) is 4.61. The molecule has 1 saturated heterocycles. The number of imidazole rings is 1. The van der Waals surface area contributed by atoms with Crippen LogP contribution in [0.1, 0.15) is 29.2 Å². The second-order valence-electron chi connectivity index (χ2n) is 7.42. The highest BCUT2D eigenvalue weighted by molar-refractivity contribution is 7.16. The van der Waals surface area contributed by atoms with Gasteiger partial charge in [-0.25, -0.2) is 23.9 Å². The molecule has 1 atom stereocenters. The lowest BCUT2D eigenvalue weighted by atomic mass is 10.2. The van der Waals surface area contributed by atoms with Gasteiger partial charge < -0.3 is 10.2 Å². The van der Waals surface area contributed by atoms with Crippen LogP contribution in [-0.4, -0.2) is 43.1 Å². The number of nitrogens with one attached hydrogen (secondary N) is 1. The van der Waals surface area contributed by atoms with E-state index in [0.717, 1.165) is 28.5 Å². The second kappa shape index (κ2) is 7.28. The monoisotopic (exact) mass is 425 g/mol. The number of benzene rings is 1. The molecule has 4 heterocycles. The van der Waals surface area contributed by atoms with Gasteiger partial charge in [0.1, 0.15) is 16.9 Å². The zero-order valence-electron chi connectivity index (χ0n) is 16.6. The Kier molecular flexibility index (Phi) is 4.58. The number of halogens is 1. The molecule has 1 aromatic carbocycles. The predicted molar refractivity (Wildman–Crippen MR) is 112 cm³/mol. The van der Waals surface area contributed by atoms with Crippen molar-refractivity contribution in [2.24, 2.45) is 0 Å². The quantitative estimate of drug-likeness (QED) is 0.541. The van der Waals surface area contributed by atoms with Crippen LogP contribution in [0.15, 0.2) is 24.4 Å². The SMILES string of the molecule is Cc1nn2cc(CNC(=O)C3CCCN3c3nc(C)c4cc(F)ccc4n3)nc2s1. The Bertz CT molecular complexity index is 1240. The molecule has 0 bridgehead atoms. The molecule has 0 aliphatic carbocycles. The maximum atomic E-state index is 13.5. The molecule has 1 N–H and O–H groups in total. The van der Waals surface area contributed by atoms with Gasteiger partial charge in [-0.3, -0.25) is 4.79 Å². The summed E-state index contributed by atoms with van der Waals surface area (Å²) in [6.07, 6.45) is 3.44. The van der Waals surface area contributed by atoms with Crippen LogP contribution in [0.2, 0.25) is 0 Å². The minimum atomic E-state index is -0.341. The maximum Gasteiger partial charge on any atom is 0.243 e. The Morgan fingerprint density at radius 3 is 3.00 bits per heavy atom. The van der Waals surface area contributed by atoms with Gasteiger partial charge in [0, 0.05) is 11.9 Å². The third-order valence-corrected chi connectivity index (χ3v) is 6.12. The molecule has 0 radical (unpaired) electrons. The van der Waals surface area contributed by atoms with Crippen molar-refractivity contribution in [3.8, 4) is 0 Å². The zero-order chi connectivity index (χ0) is 20.8. The summed E-state index contributed by atoms with van der Waals surface area (Å²) in [5.41, 5.74) is 2.14. The van der Waals surface area contributed by atoms with Crippen molar-refractivity contribution in [3.05, 3.63) is 46.6 Å². The fourth-order valence-electron chi connectivity index (χ4n) is 3.87. The minimum absolute atomic E-state index is 0.0755. The van der Waals surface area contributed by atoms with Gasteiger partial charge in [0.05, 0.1) is 29.6 Å². The Hall–Kier alpha value is -3.14.